The first-order valence-corrected chi connectivity index (χ1v) is 15.8. The second-order valence-electron chi connectivity index (χ2n) is 14.3. The molecule has 0 bridgehead atoms. The third kappa shape index (κ3) is 4.55. The Labute approximate surface area is 262 Å². The Kier molecular flexibility index (Phi) is 6.08. The maximum absolute atomic E-state index is 6.70. The Morgan fingerprint density at radius 3 is 1.73 bits per heavy atom. The van der Waals surface area contributed by atoms with Crippen LogP contribution < -0.4 is 14.4 Å². The van der Waals surface area contributed by atoms with Gasteiger partial charge in [-0.25, -0.2) is 0 Å². The summed E-state index contributed by atoms with van der Waals surface area (Å²) in [7, 11) is 0. The van der Waals surface area contributed by atoms with E-state index in [0.29, 0.717) is 22.7 Å². The molecule has 0 spiro atoms. The van der Waals surface area contributed by atoms with Crippen LogP contribution in [0.1, 0.15) is 65.5 Å². The predicted molar refractivity (Wildman–Crippen MR) is 180 cm³/mol. The Morgan fingerprint density at radius 2 is 1.13 bits per heavy atom. The van der Waals surface area contributed by atoms with Crippen LogP contribution >= 0.6 is 0 Å². The smallest absolute Gasteiger partial charge is 0.180 e. The number of nitrogens with zero attached hydrogens (tertiary/aromatic N) is 3. The predicted octanol–water partition coefficient (Wildman–Crippen LogP) is 10.5. The zero-order valence-electron chi connectivity index (χ0n) is 26.7. The summed E-state index contributed by atoms with van der Waals surface area (Å²) < 4.78 is 25.6. The van der Waals surface area contributed by atoms with E-state index in [4.69, 9.17) is 18.5 Å². The second kappa shape index (κ2) is 9.86. The second-order valence-corrected chi connectivity index (χ2v) is 14.3. The number of aromatic nitrogens is 2. The topological polar surface area (TPSA) is 73.8 Å². The number of anilines is 1. The Balaban J connectivity index is 1.34. The van der Waals surface area contributed by atoms with Crippen LogP contribution in [0.15, 0.2) is 75.8 Å². The summed E-state index contributed by atoms with van der Waals surface area (Å²) in [5.74, 6) is 2.84. The first-order chi connectivity index (χ1) is 21.6. The molecule has 1 aliphatic heterocycles. The number of hydrogen-bond acceptors (Lipinski definition) is 7. The lowest BCUT2D eigenvalue weighted by molar-refractivity contribution is 0.462. The Hall–Kier alpha value is -4.78. The van der Waals surface area contributed by atoms with Crippen LogP contribution in [-0.2, 0) is 10.8 Å². The van der Waals surface area contributed by atoms with Gasteiger partial charge in [0.05, 0.1) is 27.2 Å². The molecule has 1 fully saturated rings. The average Bonchev–Trinajstić information content (AvgIpc) is 3.78. The summed E-state index contributed by atoms with van der Waals surface area (Å²) in [6, 6.07) is 22.5. The summed E-state index contributed by atoms with van der Waals surface area (Å²) in [4.78, 5) is 2.37. The molecule has 7 heteroatoms. The van der Waals surface area contributed by atoms with E-state index in [1.54, 1.807) is 0 Å². The van der Waals surface area contributed by atoms with E-state index in [2.05, 4.69) is 87.1 Å². The molecule has 7 nitrogen and oxygen atoms in total. The summed E-state index contributed by atoms with van der Waals surface area (Å²) >= 11 is 0. The van der Waals surface area contributed by atoms with Crippen molar-refractivity contribution in [2.75, 3.05) is 18.0 Å². The number of hydrogen-bond donors (Lipinski definition) is 0. The summed E-state index contributed by atoms with van der Waals surface area (Å²) in [5.41, 5.74) is 6.36. The van der Waals surface area contributed by atoms with Crippen LogP contribution in [0, 0.1) is 0 Å². The quantitative estimate of drug-likeness (QED) is 0.182. The molecule has 0 aliphatic carbocycles. The van der Waals surface area contributed by atoms with E-state index in [1.165, 1.54) is 11.1 Å². The zero-order chi connectivity index (χ0) is 31.1. The fraction of sp³-hybridized carbons (Fsp3) is 0.316. The van der Waals surface area contributed by atoms with E-state index in [9.17, 15) is 0 Å². The highest BCUT2D eigenvalue weighted by Crippen LogP contribution is 2.51. The minimum absolute atomic E-state index is 0.0489. The van der Waals surface area contributed by atoms with E-state index >= 15 is 0 Å². The molecule has 7 aromatic rings. The molecule has 2 aromatic heterocycles. The highest BCUT2D eigenvalue weighted by Gasteiger charge is 2.30. The van der Waals surface area contributed by atoms with E-state index in [-0.39, 0.29) is 10.8 Å². The highest BCUT2D eigenvalue weighted by molar-refractivity contribution is 6.33. The SMILES string of the molecule is CC(C)(C)c1ccc(Oc2ccc3noc4c5c(Oc6ccc(C(C)(C)C)cc6)cc(N6CCCC6)c6noc(c2c34)c65)cc1. The molecule has 1 saturated heterocycles. The van der Waals surface area contributed by atoms with Gasteiger partial charge < -0.3 is 23.4 Å². The maximum atomic E-state index is 6.70. The van der Waals surface area contributed by atoms with E-state index < -0.39 is 0 Å². The molecular weight excluding hydrogens is 562 g/mol. The molecule has 0 atom stereocenters. The molecule has 8 rings (SSSR count). The van der Waals surface area contributed by atoms with E-state index in [0.717, 1.165) is 75.7 Å². The third-order valence-electron chi connectivity index (χ3n) is 9.10. The summed E-state index contributed by atoms with van der Waals surface area (Å²) in [6.07, 6.45) is 2.27. The van der Waals surface area contributed by atoms with Crippen molar-refractivity contribution in [3.8, 4) is 23.0 Å². The number of fused-ring (bicyclic) bond motifs is 2. The average molecular weight is 600 g/mol. The first-order valence-electron chi connectivity index (χ1n) is 15.8. The van der Waals surface area contributed by atoms with Gasteiger partial charge in [0.25, 0.3) is 0 Å². The van der Waals surface area contributed by atoms with Gasteiger partial charge in [0.15, 0.2) is 11.2 Å². The molecule has 5 aromatic carbocycles. The zero-order valence-corrected chi connectivity index (χ0v) is 26.7. The van der Waals surface area contributed by atoms with Gasteiger partial charge in [0.2, 0.25) is 0 Å². The lowest BCUT2D eigenvalue weighted by Crippen LogP contribution is -2.18. The van der Waals surface area contributed by atoms with Crippen LogP contribution in [0.2, 0.25) is 0 Å². The van der Waals surface area contributed by atoms with Crippen molar-refractivity contribution in [1.82, 2.24) is 10.3 Å². The molecule has 45 heavy (non-hydrogen) atoms. The van der Waals surface area contributed by atoms with Gasteiger partial charge in [-0.1, -0.05) is 76.1 Å². The molecule has 228 valence electrons. The van der Waals surface area contributed by atoms with Crippen LogP contribution in [0.25, 0.3) is 43.7 Å². The number of rotatable bonds is 5. The molecule has 0 amide bonds. The molecule has 0 saturated carbocycles. The van der Waals surface area contributed by atoms with Gasteiger partial charge in [0, 0.05) is 19.2 Å². The van der Waals surface area contributed by atoms with Crippen LogP contribution in [0.5, 0.6) is 23.0 Å². The first kappa shape index (κ1) is 27.7. The maximum Gasteiger partial charge on any atom is 0.180 e. The fourth-order valence-corrected chi connectivity index (χ4v) is 6.56. The van der Waals surface area contributed by atoms with Crippen molar-refractivity contribution >= 4 is 49.4 Å². The number of benzene rings is 5. The summed E-state index contributed by atoms with van der Waals surface area (Å²) in [6.45, 7) is 15.2. The normalized spacial score (nSPS) is 14.5. The van der Waals surface area contributed by atoms with E-state index in [1.807, 2.05) is 36.4 Å². The van der Waals surface area contributed by atoms with Crippen LogP contribution in [0.3, 0.4) is 0 Å². The molecule has 1 aliphatic rings. The van der Waals surface area contributed by atoms with Crippen LogP contribution in [-0.4, -0.2) is 23.4 Å². The van der Waals surface area contributed by atoms with Crippen molar-refractivity contribution < 1.29 is 18.5 Å². The fourth-order valence-electron chi connectivity index (χ4n) is 6.56. The summed E-state index contributed by atoms with van der Waals surface area (Å²) in [5, 5.41) is 12.4. The van der Waals surface area contributed by atoms with Gasteiger partial charge in [-0.15, -0.1) is 0 Å². The van der Waals surface area contributed by atoms with Crippen molar-refractivity contribution in [1.29, 1.82) is 0 Å². The number of ether oxygens (including phenoxy) is 2. The third-order valence-corrected chi connectivity index (χ3v) is 9.10. The molecule has 3 heterocycles. The monoisotopic (exact) mass is 599 g/mol. The molecule has 0 N–H and O–H groups in total. The van der Waals surface area contributed by atoms with Crippen molar-refractivity contribution in [3.05, 3.63) is 77.9 Å². The van der Waals surface area contributed by atoms with Crippen molar-refractivity contribution in [2.24, 2.45) is 0 Å². The van der Waals surface area contributed by atoms with Gasteiger partial charge in [-0.2, -0.15) is 0 Å². The standard InChI is InChI=1S/C38H37N3O4/c1-37(2,3)22-9-13-24(14-10-22)42-28-18-17-26-30-31(28)36-33-32(35(30)44-39-26)29(43-25-15-11-23(12-16-25)38(4,5)6)21-27(34(33)40-45-36)41-19-7-8-20-41/h9-18,21H,7-8,19-20H2,1-6H3. The van der Waals surface area contributed by atoms with Crippen molar-refractivity contribution in [2.45, 2.75) is 65.2 Å². The lowest BCUT2D eigenvalue weighted by atomic mass is 9.87. The Morgan fingerprint density at radius 1 is 0.600 bits per heavy atom. The minimum Gasteiger partial charge on any atom is -0.457 e. The van der Waals surface area contributed by atoms with Crippen molar-refractivity contribution in [3.63, 3.8) is 0 Å². The minimum atomic E-state index is 0.0489. The van der Waals surface area contributed by atoms with Gasteiger partial charge in [-0.05, 0) is 71.2 Å². The molecular formula is C38H37N3O4. The lowest BCUT2D eigenvalue weighted by Gasteiger charge is -2.21. The molecule has 0 radical (unpaired) electrons. The van der Waals surface area contributed by atoms with Gasteiger partial charge >= 0.3 is 0 Å². The van der Waals surface area contributed by atoms with Gasteiger partial charge in [0.1, 0.15) is 34.0 Å². The largest absolute Gasteiger partial charge is 0.457 e. The van der Waals surface area contributed by atoms with Crippen LogP contribution in [0.4, 0.5) is 5.69 Å². The highest BCUT2D eigenvalue weighted by atomic mass is 16.5. The Bertz CT molecular complexity index is 2170. The molecule has 0 unspecified atom stereocenters. The van der Waals surface area contributed by atoms with Gasteiger partial charge in [-0.3, -0.25) is 0 Å².